The number of nitrogens with zero attached hydrogens (tertiary/aromatic N) is 2. The van der Waals surface area contributed by atoms with E-state index in [1.165, 1.54) is 25.0 Å². The fourth-order valence-corrected chi connectivity index (χ4v) is 3.24. The van der Waals surface area contributed by atoms with Crippen LogP contribution in [0.15, 0.2) is 18.2 Å². The summed E-state index contributed by atoms with van der Waals surface area (Å²) in [5, 5.41) is 9.19. The Bertz CT molecular complexity index is 509. The van der Waals surface area contributed by atoms with Crippen LogP contribution in [-0.4, -0.2) is 25.3 Å². The van der Waals surface area contributed by atoms with E-state index in [9.17, 15) is 9.65 Å². The Kier molecular flexibility index (Phi) is 3.39. The largest absolute Gasteiger partial charge is 0.374 e. The van der Waals surface area contributed by atoms with Gasteiger partial charge in [-0.25, -0.2) is 4.39 Å². The second-order valence-corrected chi connectivity index (χ2v) is 5.23. The first-order valence-electron chi connectivity index (χ1n) is 6.87. The van der Waals surface area contributed by atoms with Crippen molar-refractivity contribution in [3.63, 3.8) is 0 Å². The Morgan fingerprint density at radius 1 is 1.32 bits per heavy atom. The van der Waals surface area contributed by atoms with E-state index < -0.39 is 0 Å². The van der Waals surface area contributed by atoms with Crippen molar-refractivity contribution in [2.45, 2.75) is 37.8 Å². The van der Waals surface area contributed by atoms with E-state index in [0.717, 1.165) is 25.1 Å². The van der Waals surface area contributed by atoms with E-state index >= 15 is 0 Å². The van der Waals surface area contributed by atoms with E-state index in [-0.39, 0.29) is 11.9 Å². The summed E-state index contributed by atoms with van der Waals surface area (Å²) in [6.45, 7) is 1.46. The van der Waals surface area contributed by atoms with Gasteiger partial charge in [0.1, 0.15) is 11.9 Å². The summed E-state index contributed by atoms with van der Waals surface area (Å²) >= 11 is 0. The molecule has 1 aromatic rings. The van der Waals surface area contributed by atoms with Gasteiger partial charge in [0, 0.05) is 6.54 Å². The Morgan fingerprint density at radius 2 is 2.16 bits per heavy atom. The zero-order chi connectivity index (χ0) is 13.2. The van der Waals surface area contributed by atoms with Gasteiger partial charge in [-0.2, -0.15) is 5.26 Å². The van der Waals surface area contributed by atoms with E-state index in [1.807, 2.05) is 0 Å². The second-order valence-electron chi connectivity index (χ2n) is 5.23. The van der Waals surface area contributed by atoms with Crippen LogP contribution in [0.25, 0.3) is 0 Å². The normalized spacial score (nSPS) is 26.6. The first-order valence-corrected chi connectivity index (χ1v) is 6.87. The molecule has 1 heterocycles. The van der Waals surface area contributed by atoms with Crippen molar-refractivity contribution in [1.29, 1.82) is 5.26 Å². The van der Waals surface area contributed by atoms with Crippen LogP contribution in [-0.2, 0) is 4.74 Å². The number of anilines is 1. The highest BCUT2D eigenvalue weighted by atomic mass is 19.1. The molecule has 4 heteroatoms. The molecule has 1 saturated carbocycles. The van der Waals surface area contributed by atoms with Gasteiger partial charge in [-0.05, 0) is 31.0 Å². The predicted octanol–water partition coefficient (Wildman–Crippen LogP) is 2.85. The quantitative estimate of drug-likeness (QED) is 0.779. The first kappa shape index (κ1) is 12.4. The van der Waals surface area contributed by atoms with Crippen LogP contribution in [0.4, 0.5) is 10.1 Å². The topological polar surface area (TPSA) is 36.3 Å². The van der Waals surface area contributed by atoms with Gasteiger partial charge in [0.25, 0.3) is 0 Å². The molecule has 3 nitrogen and oxygen atoms in total. The van der Waals surface area contributed by atoms with Gasteiger partial charge in [0.2, 0.25) is 0 Å². The molecule has 0 aromatic heterocycles. The number of morpholine rings is 1. The fraction of sp³-hybridized carbons (Fsp3) is 0.533. The highest BCUT2D eigenvalue weighted by molar-refractivity contribution is 5.60. The average Bonchev–Trinajstić information content (AvgIpc) is 2.46. The number of benzene rings is 1. The van der Waals surface area contributed by atoms with Crippen molar-refractivity contribution in [1.82, 2.24) is 0 Å². The molecule has 2 aliphatic rings. The van der Waals surface area contributed by atoms with Crippen LogP contribution in [0, 0.1) is 17.1 Å². The summed E-state index contributed by atoms with van der Waals surface area (Å²) < 4.78 is 19.1. The molecular formula is C15H17FN2O. The maximum absolute atomic E-state index is 13.2. The van der Waals surface area contributed by atoms with Gasteiger partial charge in [0.05, 0.1) is 30.0 Å². The molecule has 19 heavy (non-hydrogen) atoms. The lowest BCUT2D eigenvalue weighted by atomic mass is 9.89. The van der Waals surface area contributed by atoms with E-state index in [4.69, 9.17) is 4.74 Å². The number of ether oxygens (including phenoxy) is 1. The van der Waals surface area contributed by atoms with E-state index in [2.05, 4.69) is 11.0 Å². The zero-order valence-electron chi connectivity index (χ0n) is 10.8. The van der Waals surface area contributed by atoms with Gasteiger partial charge in [0.15, 0.2) is 0 Å². The zero-order valence-corrected chi connectivity index (χ0v) is 10.8. The van der Waals surface area contributed by atoms with Crippen LogP contribution in [0.3, 0.4) is 0 Å². The Hall–Kier alpha value is -1.60. The van der Waals surface area contributed by atoms with Crippen molar-refractivity contribution < 1.29 is 9.13 Å². The minimum atomic E-state index is -0.353. The fourth-order valence-electron chi connectivity index (χ4n) is 3.24. The Morgan fingerprint density at radius 3 is 3.00 bits per heavy atom. The molecule has 3 rings (SSSR count). The van der Waals surface area contributed by atoms with Gasteiger partial charge < -0.3 is 9.64 Å². The van der Waals surface area contributed by atoms with Crippen molar-refractivity contribution in [2.75, 3.05) is 18.1 Å². The van der Waals surface area contributed by atoms with Crippen molar-refractivity contribution in [2.24, 2.45) is 0 Å². The molecule has 2 atom stereocenters. The molecule has 1 aromatic carbocycles. The molecule has 2 unspecified atom stereocenters. The highest BCUT2D eigenvalue weighted by Crippen LogP contribution is 2.33. The Labute approximate surface area is 112 Å². The molecule has 0 N–H and O–H groups in total. The molecule has 2 fully saturated rings. The third-order valence-electron chi connectivity index (χ3n) is 4.12. The van der Waals surface area contributed by atoms with Gasteiger partial charge >= 0.3 is 0 Å². The third-order valence-corrected chi connectivity index (χ3v) is 4.12. The van der Waals surface area contributed by atoms with Crippen molar-refractivity contribution in [3.05, 3.63) is 29.6 Å². The van der Waals surface area contributed by atoms with E-state index in [0.29, 0.717) is 18.2 Å². The summed E-state index contributed by atoms with van der Waals surface area (Å²) in [5.74, 6) is -0.353. The van der Waals surface area contributed by atoms with Crippen molar-refractivity contribution >= 4 is 5.69 Å². The highest BCUT2D eigenvalue weighted by Gasteiger charge is 2.35. The average molecular weight is 260 g/mol. The van der Waals surface area contributed by atoms with Gasteiger partial charge in [-0.3, -0.25) is 0 Å². The van der Waals surface area contributed by atoms with Crippen LogP contribution in [0.2, 0.25) is 0 Å². The predicted molar refractivity (Wildman–Crippen MR) is 70.5 cm³/mol. The summed E-state index contributed by atoms with van der Waals surface area (Å²) in [6.07, 6.45) is 4.85. The third kappa shape index (κ3) is 2.31. The molecule has 100 valence electrons. The second kappa shape index (κ2) is 5.18. The van der Waals surface area contributed by atoms with Crippen LogP contribution < -0.4 is 4.90 Å². The standard InChI is InChI=1S/C15H17FN2O/c16-12-5-6-13(11(9-12)10-17)18-7-8-19-15-4-2-1-3-14(15)18/h5-6,9,14-15H,1-4,7-8H2. The molecule has 0 bridgehead atoms. The number of hydrogen-bond acceptors (Lipinski definition) is 3. The van der Waals surface area contributed by atoms with Crippen molar-refractivity contribution in [3.8, 4) is 6.07 Å². The maximum Gasteiger partial charge on any atom is 0.124 e. The number of halogens is 1. The molecule has 1 aliphatic heterocycles. The minimum absolute atomic E-state index is 0.263. The van der Waals surface area contributed by atoms with Gasteiger partial charge in [-0.15, -0.1) is 0 Å². The maximum atomic E-state index is 13.2. The lowest BCUT2D eigenvalue weighted by molar-refractivity contribution is -0.00869. The number of fused-ring (bicyclic) bond motifs is 1. The molecule has 1 aliphatic carbocycles. The smallest absolute Gasteiger partial charge is 0.124 e. The van der Waals surface area contributed by atoms with Crippen LogP contribution >= 0.6 is 0 Å². The molecule has 0 spiro atoms. The first-order chi connectivity index (χ1) is 9.29. The molecular weight excluding hydrogens is 243 g/mol. The molecule has 0 amide bonds. The van der Waals surface area contributed by atoms with Gasteiger partial charge in [-0.1, -0.05) is 12.8 Å². The molecule has 1 saturated heterocycles. The summed E-state index contributed by atoms with van der Waals surface area (Å²) in [7, 11) is 0. The summed E-state index contributed by atoms with van der Waals surface area (Å²) in [6, 6.07) is 6.92. The lowest BCUT2D eigenvalue weighted by Gasteiger charge is -2.45. The molecule has 0 radical (unpaired) electrons. The van der Waals surface area contributed by atoms with Crippen LogP contribution in [0.1, 0.15) is 31.2 Å². The number of hydrogen-bond donors (Lipinski definition) is 0. The lowest BCUT2D eigenvalue weighted by Crippen LogP contribution is -2.53. The monoisotopic (exact) mass is 260 g/mol. The summed E-state index contributed by atoms with van der Waals surface area (Å²) in [5.41, 5.74) is 1.27. The minimum Gasteiger partial charge on any atom is -0.374 e. The number of rotatable bonds is 1. The number of nitriles is 1. The Balaban J connectivity index is 1.94. The van der Waals surface area contributed by atoms with Crippen LogP contribution in [0.5, 0.6) is 0 Å². The SMILES string of the molecule is N#Cc1cc(F)ccc1N1CCOC2CCCCC21. The van der Waals surface area contributed by atoms with E-state index in [1.54, 1.807) is 6.07 Å². The summed E-state index contributed by atoms with van der Waals surface area (Å²) in [4.78, 5) is 2.24.